The van der Waals surface area contributed by atoms with Crippen molar-refractivity contribution in [3.8, 4) is 0 Å². The Labute approximate surface area is 138 Å². The molecule has 1 heterocycles. The van der Waals surface area contributed by atoms with E-state index in [-0.39, 0.29) is 23.8 Å². The van der Waals surface area contributed by atoms with E-state index in [1.807, 2.05) is 12.1 Å². The largest absolute Gasteiger partial charge is 0.354 e. The molecular formula is C18H27N3O2. The molecule has 1 saturated heterocycles. The van der Waals surface area contributed by atoms with E-state index in [1.165, 1.54) is 5.56 Å². The van der Waals surface area contributed by atoms with Crippen molar-refractivity contribution >= 4 is 11.8 Å². The number of carbonyl (C=O) groups excluding carboxylic acids is 2. The summed E-state index contributed by atoms with van der Waals surface area (Å²) in [5, 5.41) is 2.89. The van der Waals surface area contributed by atoms with Crippen molar-refractivity contribution in [2.75, 3.05) is 20.1 Å². The molecule has 0 bridgehead atoms. The number of carbonyl (C=O) groups is 2. The molecule has 1 aromatic carbocycles. The van der Waals surface area contributed by atoms with E-state index in [1.54, 1.807) is 11.9 Å². The lowest BCUT2D eigenvalue weighted by molar-refractivity contribution is -0.139. The fraction of sp³-hybridized carbons (Fsp3) is 0.556. The Morgan fingerprint density at radius 2 is 1.91 bits per heavy atom. The van der Waals surface area contributed by atoms with Crippen LogP contribution >= 0.6 is 0 Å². The quantitative estimate of drug-likeness (QED) is 0.869. The van der Waals surface area contributed by atoms with E-state index in [4.69, 9.17) is 5.73 Å². The number of amides is 2. The molecule has 0 aromatic heterocycles. The van der Waals surface area contributed by atoms with Gasteiger partial charge in [-0.15, -0.1) is 0 Å². The molecule has 0 aliphatic carbocycles. The minimum absolute atomic E-state index is 0.0324. The standard InChI is InChI=1S/C18H27N3O2/c1-12(2)13-4-6-14(7-5-13)16(19)11-20-18(23)15-8-9-21(3)17(22)10-15/h4-7,12,15-16H,8-11,19H2,1-3H3,(H,20,23). The van der Waals surface area contributed by atoms with Crippen LogP contribution in [0.4, 0.5) is 0 Å². The summed E-state index contributed by atoms with van der Waals surface area (Å²) in [4.78, 5) is 25.5. The van der Waals surface area contributed by atoms with Gasteiger partial charge in [0.1, 0.15) is 0 Å². The molecule has 0 radical (unpaired) electrons. The van der Waals surface area contributed by atoms with Crippen LogP contribution in [0, 0.1) is 5.92 Å². The summed E-state index contributed by atoms with van der Waals surface area (Å²) >= 11 is 0. The summed E-state index contributed by atoms with van der Waals surface area (Å²) in [5.41, 5.74) is 8.44. The Hall–Kier alpha value is -1.88. The molecule has 0 spiro atoms. The lowest BCUT2D eigenvalue weighted by atomic mass is 9.95. The Kier molecular flexibility index (Phi) is 5.77. The van der Waals surface area contributed by atoms with Crippen molar-refractivity contribution in [3.05, 3.63) is 35.4 Å². The van der Waals surface area contributed by atoms with Gasteiger partial charge in [-0.05, 0) is 23.5 Å². The van der Waals surface area contributed by atoms with E-state index in [2.05, 4.69) is 31.3 Å². The van der Waals surface area contributed by atoms with Gasteiger partial charge in [0.25, 0.3) is 0 Å². The van der Waals surface area contributed by atoms with Crippen LogP contribution in [0.3, 0.4) is 0 Å². The highest BCUT2D eigenvalue weighted by Gasteiger charge is 2.28. The van der Waals surface area contributed by atoms with E-state index in [0.29, 0.717) is 31.8 Å². The SMILES string of the molecule is CC(C)c1ccc(C(N)CNC(=O)C2CCN(C)C(=O)C2)cc1. The zero-order valence-corrected chi connectivity index (χ0v) is 14.2. The molecule has 1 aliphatic rings. The van der Waals surface area contributed by atoms with Crippen molar-refractivity contribution in [3.63, 3.8) is 0 Å². The predicted molar refractivity (Wildman–Crippen MR) is 90.8 cm³/mol. The molecule has 5 nitrogen and oxygen atoms in total. The third-order valence-electron chi connectivity index (χ3n) is 4.56. The van der Waals surface area contributed by atoms with Gasteiger partial charge >= 0.3 is 0 Å². The van der Waals surface area contributed by atoms with Crippen molar-refractivity contribution < 1.29 is 9.59 Å². The maximum Gasteiger partial charge on any atom is 0.223 e. The van der Waals surface area contributed by atoms with Crippen LogP contribution in [0.2, 0.25) is 0 Å². The highest BCUT2D eigenvalue weighted by atomic mass is 16.2. The molecule has 2 rings (SSSR count). The molecule has 1 aliphatic heterocycles. The first-order chi connectivity index (χ1) is 10.9. The summed E-state index contributed by atoms with van der Waals surface area (Å²) in [6.07, 6.45) is 1.01. The smallest absolute Gasteiger partial charge is 0.223 e. The van der Waals surface area contributed by atoms with Gasteiger partial charge in [0.2, 0.25) is 11.8 Å². The van der Waals surface area contributed by atoms with Gasteiger partial charge in [0.15, 0.2) is 0 Å². The van der Waals surface area contributed by atoms with Crippen LogP contribution in [0.15, 0.2) is 24.3 Å². The molecule has 3 N–H and O–H groups in total. The number of nitrogens with one attached hydrogen (secondary N) is 1. The van der Waals surface area contributed by atoms with Crippen LogP contribution in [0.5, 0.6) is 0 Å². The minimum atomic E-state index is -0.234. The molecule has 0 saturated carbocycles. The van der Waals surface area contributed by atoms with Crippen LogP contribution < -0.4 is 11.1 Å². The topological polar surface area (TPSA) is 75.4 Å². The Morgan fingerprint density at radius 3 is 2.48 bits per heavy atom. The molecule has 2 amide bonds. The fourth-order valence-corrected chi connectivity index (χ4v) is 2.77. The third-order valence-corrected chi connectivity index (χ3v) is 4.56. The molecule has 2 unspecified atom stereocenters. The number of rotatable bonds is 5. The summed E-state index contributed by atoms with van der Waals surface area (Å²) in [6, 6.07) is 7.97. The summed E-state index contributed by atoms with van der Waals surface area (Å²) < 4.78 is 0. The number of nitrogens with two attached hydrogens (primary N) is 1. The summed E-state index contributed by atoms with van der Waals surface area (Å²) in [6.45, 7) is 5.33. The number of hydrogen-bond acceptors (Lipinski definition) is 3. The maximum absolute atomic E-state index is 12.2. The number of hydrogen-bond donors (Lipinski definition) is 2. The second-order valence-electron chi connectivity index (χ2n) is 6.68. The van der Waals surface area contributed by atoms with E-state index in [9.17, 15) is 9.59 Å². The molecule has 2 atom stereocenters. The maximum atomic E-state index is 12.2. The third kappa shape index (κ3) is 4.55. The number of benzene rings is 1. The van der Waals surface area contributed by atoms with Gasteiger partial charge in [0.05, 0.1) is 0 Å². The van der Waals surface area contributed by atoms with Gasteiger partial charge in [-0.2, -0.15) is 0 Å². The Balaban J connectivity index is 1.85. The molecule has 5 heteroatoms. The number of likely N-dealkylation sites (tertiary alicyclic amines) is 1. The van der Waals surface area contributed by atoms with Crippen LogP contribution in [0.25, 0.3) is 0 Å². The van der Waals surface area contributed by atoms with Gasteiger partial charge < -0.3 is 16.0 Å². The van der Waals surface area contributed by atoms with Gasteiger partial charge in [0, 0.05) is 38.5 Å². The van der Waals surface area contributed by atoms with Crippen molar-refractivity contribution in [1.29, 1.82) is 0 Å². The molecule has 23 heavy (non-hydrogen) atoms. The van der Waals surface area contributed by atoms with Crippen molar-refractivity contribution in [2.45, 2.75) is 38.6 Å². The summed E-state index contributed by atoms with van der Waals surface area (Å²) in [5.74, 6) is 0.224. The first-order valence-electron chi connectivity index (χ1n) is 8.25. The molecule has 1 aromatic rings. The van der Waals surface area contributed by atoms with Gasteiger partial charge in [-0.25, -0.2) is 0 Å². The van der Waals surface area contributed by atoms with Gasteiger partial charge in [-0.3, -0.25) is 9.59 Å². The summed E-state index contributed by atoms with van der Waals surface area (Å²) in [7, 11) is 1.77. The lowest BCUT2D eigenvalue weighted by Gasteiger charge is -2.28. The zero-order valence-electron chi connectivity index (χ0n) is 14.2. The lowest BCUT2D eigenvalue weighted by Crippen LogP contribution is -2.43. The Morgan fingerprint density at radius 1 is 1.30 bits per heavy atom. The second kappa shape index (κ2) is 7.59. The molecule has 1 fully saturated rings. The number of nitrogens with zero attached hydrogens (tertiary/aromatic N) is 1. The van der Waals surface area contributed by atoms with Gasteiger partial charge in [-0.1, -0.05) is 38.1 Å². The van der Waals surface area contributed by atoms with E-state index in [0.717, 1.165) is 5.56 Å². The minimum Gasteiger partial charge on any atom is -0.354 e. The van der Waals surface area contributed by atoms with Crippen LogP contribution in [0.1, 0.15) is 49.8 Å². The monoisotopic (exact) mass is 317 g/mol. The first kappa shape index (κ1) is 17.5. The average molecular weight is 317 g/mol. The fourth-order valence-electron chi connectivity index (χ4n) is 2.77. The second-order valence-corrected chi connectivity index (χ2v) is 6.68. The van der Waals surface area contributed by atoms with Crippen molar-refractivity contribution in [2.24, 2.45) is 11.7 Å². The van der Waals surface area contributed by atoms with Crippen LogP contribution in [-0.2, 0) is 9.59 Å². The molecule has 126 valence electrons. The number of piperidine rings is 1. The predicted octanol–water partition coefficient (Wildman–Crippen LogP) is 1.79. The first-order valence-corrected chi connectivity index (χ1v) is 8.25. The highest BCUT2D eigenvalue weighted by molar-refractivity contribution is 5.86. The zero-order chi connectivity index (χ0) is 17.0. The van der Waals surface area contributed by atoms with E-state index >= 15 is 0 Å². The van der Waals surface area contributed by atoms with E-state index < -0.39 is 0 Å². The van der Waals surface area contributed by atoms with Crippen LogP contribution in [-0.4, -0.2) is 36.9 Å². The molecular weight excluding hydrogens is 290 g/mol. The Bertz CT molecular complexity index is 554. The average Bonchev–Trinajstić information content (AvgIpc) is 2.54. The highest BCUT2D eigenvalue weighted by Crippen LogP contribution is 2.19. The normalized spacial score (nSPS) is 19.8. The van der Waals surface area contributed by atoms with Crippen molar-refractivity contribution in [1.82, 2.24) is 10.2 Å².